The van der Waals surface area contributed by atoms with Crippen molar-refractivity contribution in [2.24, 2.45) is 0 Å². The summed E-state index contributed by atoms with van der Waals surface area (Å²) < 4.78 is 0. The topological polar surface area (TPSA) is 91.3 Å². The summed E-state index contributed by atoms with van der Waals surface area (Å²) >= 11 is 0. The van der Waals surface area contributed by atoms with Gasteiger partial charge in [-0.1, -0.05) is 0 Å². The molecule has 80 valence electrons. The van der Waals surface area contributed by atoms with Crippen LogP contribution in [0.1, 0.15) is 16.8 Å². The van der Waals surface area contributed by atoms with Gasteiger partial charge in [0.25, 0.3) is 5.91 Å². The molecule has 0 radical (unpaired) electrons. The van der Waals surface area contributed by atoms with E-state index in [0.717, 1.165) is 0 Å². The van der Waals surface area contributed by atoms with Gasteiger partial charge in [0.2, 0.25) is 0 Å². The van der Waals surface area contributed by atoms with Crippen LogP contribution in [0.25, 0.3) is 0 Å². The highest BCUT2D eigenvalue weighted by Gasteiger charge is 2.03. The van der Waals surface area contributed by atoms with Gasteiger partial charge in [-0.25, -0.2) is 5.43 Å². The van der Waals surface area contributed by atoms with Crippen molar-refractivity contribution in [2.45, 2.75) is 6.42 Å². The molecular weight excluding hydrogens is 198 g/mol. The fraction of sp³-hybridized carbons (Fsp3) is 0.222. The van der Waals surface area contributed by atoms with Crippen molar-refractivity contribution >= 4 is 11.9 Å². The zero-order chi connectivity index (χ0) is 11.1. The Kier molecular flexibility index (Phi) is 4.24. The van der Waals surface area contributed by atoms with Gasteiger partial charge >= 0.3 is 5.97 Å². The number of hydrogen-bond acceptors (Lipinski definition) is 4. The fourth-order valence-electron chi connectivity index (χ4n) is 0.888. The molecule has 6 nitrogen and oxygen atoms in total. The Balaban J connectivity index is 2.28. The first-order chi connectivity index (χ1) is 7.20. The molecule has 3 N–H and O–H groups in total. The number of carboxylic acids is 1. The molecule has 0 saturated heterocycles. The zero-order valence-corrected chi connectivity index (χ0v) is 7.93. The van der Waals surface area contributed by atoms with Gasteiger partial charge in [0.15, 0.2) is 0 Å². The molecule has 0 aliphatic heterocycles. The van der Waals surface area contributed by atoms with Crippen LogP contribution in [0.5, 0.6) is 0 Å². The van der Waals surface area contributed by atoms with Crippen molar-refractivity contribution in [2.75, 3.05) is 6.54 Å². The number of carboxylic acid groups (broad SMARTS) is 1. The summed E-state index contributed by atoms with van der Waals surface area (Å²) in [5, 5.41) is 8.33. The van der Waals surface area contributed by atoms with E-state index in [0.29, 0.717) is 5.56 Å². The maximum absolute atomic E-state index is 11.3. The summed E-state index contributed by atoms with van der Waals surface area (Å²) in [6, 6.07) is 3.13. The van der Waals surface area contributed by atoms with Crippen molar-refractivity contribution in [3.05, 3.63) is 30.1 Å². The molecule has 6 heteroatoms. The van der Waals surface area contributed by atoms with E-state index in [2.05, 4.69) is 15.8 Å². The van der Waals surface area contributed by atoms with Crippen molar-refractivity contribution < 1.29 is 14.7 Å². The third-order valence-electron chi connectivity index (χ3n) is 1.61. The standard InChI is InChI=1S/C9H11N3O3/c13-8(14)3-6-11-12-9(15)7-1-4-10-5-2-7/h1-2,4-5,11H,3,6H2,(H,12,15)(H,13,14). The zero-order valence-electron chi connectivity index (χ0n) is 7.93. The molecule has 15 heavy (non-hydrogen) atoms. The van der Waals surface area contributed by atoms with E-state index in [1.165, 1.54) is 12.4 Å². The van der Waals surface area contributed by atoms with Gasteiger partial charge < -0.3 is 5.11 Å². The van der Waals surface area contributed by atoms with E-state index in [-0.39, 0.29) is 18.9 Å². The molecular formula is C9H11N3O3. The highest BCUT2D eigenvalue weighted by atomic mass is 16.4. The summed E-state index contributed by atoms with van der Waals surface area (Å²) in [5.41, 5.74) is 5.35. The predicted molar refractivity (Wildman–Crippen MR) is 52.0 cm³/mol. The van der Waals surface area contributed by atoms with Crippen molar-refractivity contribution in [1.29, 1.82) is 0 Å². The Bertz CT molecular complexity index is 340. The molecule has 0 aromatic carbocycles. The summed E-state index contributed by atoms with van der Waals surface area (Å²) in [4.78, 5) is 25.3. The number of rotatable bonds is 5. The molecule has 0 atom stereocenters. The lowest BCUT2D eigenvalue weighted by atomic mass is 10.3. The normalized spacial score (nSPS) is 9.60. The minimum absolute atomic E-state index is 0.0450. The van der Waals surface area contributed by atoms with Crippen molar-refractivity contribution in [3.8, 4) is 0 Å². The molecule has 1 aromatic heterocycles. The Morgan fingerprint density at radius 1 is 1.33 bits per heavy atom. The summed E-state index contributed by atoms with van der Waals surface area (Å²) in [6.07, 6.45) is 2.97. The second-order valence-corrected chi connectivity index (χ2v) is 2.76. The number of aliphatic carboxylic acids is 1. The second kappa shape index (κ2) is 5.71. The maximum atomic E-state index is 11.3. The van der Waals surface area contributed by atoms with Crippen molar-refractivity contribution in [3.63, 3.8) is 0 Å². The van der Waals surface area contributed by atoms with Crippen LogP contribution in [0.4, 0.5) is 0 Å². The summed E-state index contributed by atoms with van der Waals surface area (Å²) in [5.74, 6) is -1.23. The lowest BCUT2D eigenvalue weighted by Crippen LogP contribution is -2.38. The minimum atomic E-state index is -0.916. The molecule has 0 bridgehead atoms. The Labute approximate surface area is 86.3 Å². The average molecular weight is 209 g/mol. The second-order valence-electron chi connectivity index (χ2n) is 2.76. The van der Waals surface area contributed by atoms with E-state index in [9.17, 15) is 9.59 Å². The SMILES string of the molecule is O=C(O)CCNNC(=O)c1ccncc1. The minimum Gasteiger partial charge on any atom is -0.481 e. The molecule has 0 saturated carbocycles. The van der Waals surface area contributed by atoms with E-state index in [1.54, 1.807) is 12.1 Å². The van der Waals surface area contributed by atoms with Crippen molar-refractivity contribution in [1.82, 2.24) is 15.8 Å². The number of carbonyl (C=O) groups excluding carboxylic acids is 1. The van der Waals surface area contributed by atoms with Gasteiger partial charge in [-0.05, 0) is 12.1 Å². The number of hydrazine groups is 1. The number of carbonyl (C=O) groups is 2. The van der Waals surface area contributed by atoms with Gasteiger partial charge in [0, 0.05) is 24.5 Å². The molecule has 1 rings (SSSR count). The largest absolute Gasteiger partial charge is 0.481 e. The highest BCUT2D eigenvalue weighted by Crippen LogP contribution is 1.94. The van der Waals surface area contributed by atoms with Crippen LogP contribution < -0.4 is 10.9 Å². The van der Waals surface area contributed by atoms with E-state index in [4.69, 9.17) is 5.11 Å². The number of nitrogens with zero attached hydrogens (tertiary/aromatic N) is 1. The van der Waals surface area contributed by atoms with E-state index >= 15 is 0 Å². The summed E-state index contributed by atoms with van der Waals surface area (Å²) in [7, 11) is 0. The van der Waals surface area contributed by atoms with Crippen LogP contribution >= 0.6 is 0 Å². The molecule has 0 aliphatic carbocycles. The van der Waals surface area contributed by atoms with Crippen LogP contribution in [0.3, 0.4) is 0 Å². The first-order valence-electron chi connectivity index (χ1n) is 4.35. The van der Waals surface area contributed by atoms with Gasteiger partial charge in [-0.3, -0.25) is 20.0 Å². The maximum Gasteiger partial charge on any atom is 0.304 e. The first-order valence-corrected chi connectivity index (χ1v) is 4.35. The third-order valence-corrected chi connectivity index (χ3v) is 1.61. The lowest BCUT2D eigenvalue weighted by Gasteiger charge is -2.05. The number of amides is 1. The lowest BCUT2D eigenvalue weighted by molar-refractivity contribution is -0.136. The highest BCUT2D eigenvalue weighted by molar-refractivity contribution is 5.93. The molecule has 1 aromatic rings. The Hall–Kier alpha value is -1.95. The van der Waals surface area contributed by atoms with E-state index in [1.807, 2.05) is 0 Å². The van der Waals surface area contributed by atoms with E-state index < -0.39 is 5.97 Å². The van der Waals surface area contributed by atoms with Crippen LogP contribution in [0, 0.1) is 0 Å². The molecule has 1 heterocycles. The van der Waals surface area contributed by atoms with Gasteiger partial charge in [-0.2, -0.15) is 0 Å². The van der Waals surface area contributed by atoms with Crippen LogP contribution in [-0.4, -0.2) is 28.5 Å². The monoisotopic (exact) mass is 209 g/mol. The molecule has 0 unspecified atom stereocenters. The van der Waals surface area contributed by atoms with Gasteiger partial charge in [-0.15, -0.1) is 0 Å². The number of hydrogen-bond donors (Lipinski definition) is 3. The molecule has 0 aliphatic rings. The first kappa shape index (κ1) is 11.1. The average Bonchev–Trinajstić information content (AvgIpc) is 2.25. The van der Waals surface area contributed by atoms with Crippen LogP contribution in [0.15, 0.2) is 24.5 Å². The molecule has 0 fully saturated rings. The smallest absolute Gasteiger partial charge is 0.304 e. The molecule has 1 amide bonds. The fourth-order valence-corrected chi connectivity index (χ4v) is 0.888. The Morgan fingerprint density at radius 2 is 2.00 bits per heavy atom. The predicted octanol–water partition coefficient (Wildman–Crippen LogP) is -0.209. The van der Waals surface area contributed by atoms with Crippen LogP contribution in [0.2, 0.25) is 0 Å². The molecule has 0 spiro atoms. The summed E-state index contributed by atoms with van der Waals surface area (Å²) in [6.45, 7) is 0.187. The van der Waals surface area contributed by atoms with Gasteiger partial charge in [0.1, 0.15) is 0 Å². The number of nitrogens with one attached hydrogen (secondary N) is 2. The quantitative estimate of drug-likeness (QED) is 0.461. The Morgan fingerprint density at radius 3 is 2.60 bits per heavy atom. The van der Waals surface area contributed by atoms with Gasteiger partial charge in [0.05, 0.1) is 6.42 Å². The van der Waals surface area contributed by atoms with Crippen LogP contribution in [-0.2, 0) is 4.79 Å². The third kappa shape index (κ3) is 4.19. The number of aromatic nitrogens is 1. The number of pyridine rings is 1.